The Morgan fingerprint density at radius 2 is 2.29 bits per heavy atom. The Kier molecular flexibility index (Phi) is 5.35. The Morgan fingerprint density at radius 1 is 1.53 bits per heavy atom. The quantitative estimate of drug-likeness (QED) is 0.670. The van der Waals surface area contributed by atoms with Crippen LogP contribution in [0.3, 0.4) is 0 Å². The molecule has 1 aromatic heterocycles. The number of nitrogens with two attached hydrogens (primary N) is 1. The van der Waals surface area contributed by atoms with E-state index in [0.717, 1.165) is 12.8 Å². The monoisotopic (exact) mass is 238 g/mol. The first-order valence-electron chi connectivity index (χ1n) is 5.67. The normalized spacial score (nSPS) is 12.1. The standard InChI is InChI=1S/C11H18N4O2/c1-8(6-7-12)2-4-10(16)13-9-3-5-11(17)15-14-9/h3,5,8H,2,4,6-7,12H2,1H3,(H,15,17)(H,13,14,16). The molecule has 1 amide bonds. The number of rotatable bonds is 6. The molecule has 0 aliphatic rings. The van der Waals surface area contributed by atoms with E-state index in [1.807, 2.05) is 0 Å². The first-order valence-corrected chi connectivity index (χ1v) is 5.67. The Bertz CT molecular complexity index is 396. The summed E-state index contributed by atoms with van der Waals surface area (Å²) in [4.78, 5) is 22.3. The van der Waals surface area contributed by atoms with Gasteiger partial charge in [0.2, 0.25) is 5.91 Å². The van der Waals surface area contributed by atoms with Crippen molar-refractivity contribution in [2.45, 2.75) is 26.2 Å². The van der Waals surface area contributed by atoms with Crippen LogP contribution in [0.25, 0.3) is 0 Å². The van der Waals surface area contributed by atoms with Crippen molar-refractivity contribution in [3.63, 3.8) is 0 Å². The van der Waals surface area contributed by atoms with E-state index in [4.69, 9.17) is 5.73 Å². The summed E-state index contributed by atoms with van der Waals surface area (Å²) in [7, 11) is 0. The van der Waals surface area contributed by atoms with Crippen LogP contribution >= 0.6 is 0 Å². The van der Waals surface area contributed by atoms with Gasteiger partial charge in [0.1, 0.15) is 0 Å². The van der Waals surface area contributed by atoms with E-state index in [9.17, 15) is 9.59 Å². The van der Waals surface area contributed by atoms with Crippen molar-refractivity contribution in [1.82, 2.24) is 10.2 Å². The van der Waals surface area contributed by atoms with Crippen LogP contribution in [0.2, 0.25) is 0 Å². The number of H-pyrrole nitrogens is 1. The lowest BCUT2D eigenvalue weighted by atomic mass is 10.0. The minimum Gasteiger partial charge on any atom is -0.330 e. The summed E-state index contributed by atoms with van der Waals surface area (Å²) >= 11 is 0. The van der Waals surface area contributed by atoms with E-state index >= 15 is 0 Å². The molecule has 94 valence electrons. The molecule has 1 unspecified atom stereocenters. The van der Waals surface area contributed by atoms with Gasteiger partial charge in [-0.2, -0.15) is 5.10 Å². The molecule has 0 fully saturated rings. The van der Waals surface area contributed by atoms with E-state index in [2.05, 4.69) is 22.4 Å². The highest BCUT2D eigenvalue weighted by atomic mass is 16.1. The molecule has 0 saturated heterocycles. The van der Waals surface area contributed by atoms with Crippen molar-refractivity contribution in [3.8, 4) is 0 Å². The SMILES string of the molecule is CC(CCN)CCC(=O)Nc1ccc(=O)[nH]n1. The molecule has 17 heavy (non-hydrogen) atoms. The summed E-state index contributed by atoms with van der Waals surface area (Å²) < 4.78 is 0. The molecule has 1 aromatic rings. The number of aromatic nitrogens is 2. The molecule has 0 saturated carbocycles. The van der Waals surface area contributed by atoms with Crippen molar-refractivity contribution >= 4 is 11.7 Å². The maximum Gasteiger partial charge on any atom is 0.264 e. The van der Waals surface area contributed by atoms with Gasteiger partial charge in [-0.3, -0.25) is 9.59 Å². The molecular weight excluding hydrogens is 220 g/mol. The third-order valence-corrected chi connectivity index (χ3v) is 2.47. The zero-order valence-electron chi connectivity index (χ0n) is 9.90. The molecule has 0 aliphatic carbocycles. The summed E-state index contributed by atoms with van der Waals surface area (Å²) in [5.74, 6) is 0.698. The van der Waals surface area contributed by atoms with Gasteiger partial charge in [-0.1, -0.05) is 6.92 Å². The lowest BCUT2D eigenvalue weighted by Crippen LogP contribution is -2.16. The lowest BCUT2D eigenvalue weighted by molar-refractivity contribution is -0.116. The van der Waals surface area contributed by atoms with E-state index in [-0.39, 0.29) is 11.5 Å². The summed E-state index contributed by atoms with van der Waals surface area (Å²) in [6.07, 6.45) is 2.15. The average molecular weight is 238 g/mol. The summed E-state index contributed by atoms with van der Waals surface area (Å²) in [6.45, 7) is 2.71. The second kappa shape index (κ2) is 6.80. The number of anilines is 1. The van der Waals surface area contributed by atoms with E-state index in [1.165, 1.54) is 12.1 Å². The Hall–Kier alpha value is -1.69. The summed E-state index contributed by atoms with van der Waals surface area (Å²) in [5, 5.41) is 8.56. The predicted octanol–water partition coefficient (Wildman–Crippen LogP) is 0.473. The smallest absolute Gasteiger partial charge is 0.264 e. The fourth-order valence-electron chi connectivity index (χ4n) is 1.43. The second-order valence-corrected chi connectivity index (χ2v) is 4.08. The van der Waals surface area contributed by atoms with Gasteiger partial charge in [0.15, 0.2) is 5.82 Å². The molecular formula is C11H18N4O2. The molecule has 0 spiro atoms. The highest BCUT2D eigenvalue weighted by Gasteiger charge is 2.07. The highest BCUT2D eigenvalue weighted by molar-refractivity contribution is 5.89. The molecule has 4 N–H and O–H groups in total. The van der Waals surface area contributed by atoms with Gasteiger partial charge in [0, 0.05) is 12.5 Å². The third-order valence-electron chi connectivity index (χ3n) is 2.47. The minimum atomic E-state index is -0.292. The largest absolute Gasteiger partial charge is 0.330 e. The van der Waals surface area contributed by atoms with Crippen LogP contribution < -0.4 is 16.6 Å². The maximum absolute atomic E-state index is 11.5. The fourth-order valence-corrected chi connectivity index (χ4v) is 1.43. The van der Waals surface area contributed by atoms with Crippen LogP contribution in [-0.2, 0) is 4.79 Å². The van der Waals surface area contributed by atoms with Gasteiger partial charge in [0.05, 0.1) is 0 Å². The van der Waals surface area contributed by atoms with Crippen LogP contribution in [0.5, 0.6) is 0 Å². The number of nitrogens with zero attached hydrogens (tertiary/aromatic N) is 1. The zero-order chi connectivity index (χ0) is 12.7. The van der Waals surface area contributed by atoms with Crippen molar-refractivity contribution in [2.75, 3.05) is 11.9 Å². The van der Waals surface area contributed by atoms with Crippen molar-refractivity contribution in [3.05, 3.63) is 22.5 Å². The third kappa shape index (κ3) is 5.26. The van der Waals surface area contributed by atoms with Crippen LogP contribution in [0.4, 0.5) is 5.82 Å². The van der Waals surface area contributed by atoms with Crippen molar-refractivity contribution in [2.24, 2.45) is 11.7 Å². The Labute approximate surface area is 99.6 Å². The van der Waals surface area contributed by atoms with Gasteiger partial charge < -0.3 is 11.1 Å². The van der Waals surface area contributed by atoms with E-state index in [1.54, 1.807) is 0 Å². The van der Waals surface area contributed by atoms with Gasteiger partial charge in [0.25, 0.3) is 5.56 Å². The van der Waals surface area contributed by atoms with Crippen LogP contribution in [0, 0.1) is 5.92 Å². The number of hydrogen-bond donors (Lipinski definition) is 3. The van der Waals surface area contributed by atoms with Crippen LogP contribution in [0.15, 0.2) is 16.9 Å². The van der Waals surface area contributed by atoms with Gasteiger partial charge >= 0.3 is 0 Å². The fraction of sp³-hybridized carbons (Fsp3) is 0.545. The number of carbonyl (C=O) groups is 1. The second-order valence-electron chi connectivity index (χ2n) is 4.08. The number of aromatic amines is 1. The molecule has 0 aliphatic heterocycles. The molecule has 0 aromatic carbocycles. The molecule has 1 heterocycles. The predicted molar refractivity (Wildman–Crippen MR) is 65.6 cm³/mol. The number of hydrogen-bond acceptors (Lipinski definition) is 4. The molecule has 0 radical (unpaired) electrons. The van der Waals surface area contributed by atoms with Gasteiger partial charge in [-0.15, -0.1) is 0 Å². The van der Waals surface area contributed by atoms with Crippen molar-refractivity contribution < 1.29 is 4.79 Å². The van der Waals surface area contributed by atoms with Gasteiger partial charge in [-0.05, 0) is 31.4 Å². The number of carbonyl (C=O) groups excluding carboxylic acids is 1. The molecule has 6 heteroatoms. The molecule has 1 rings (SSSR count). The Balaban J connectivity index is 2.34. The van der Waals surface area contributed by atoms with Gasteiger partial charge in [-0.25, -0.2) is 5.10 Å². The maximum atomic E-state index is 11.5. The topological polar surface area (TPSA) is 101 Å². The average Bonchev–Trinajstić information content (AvgIpc) is 2.30. The van der Waals surface area contributed by atoms with Crippen molar-refractivity contribution in [1.29, 1.82) is 0 Å². The minimum absolute atomic E-state index is 0.103. The van der Waals surface area contributed by atoms with Crippen LogP contribution in [0.1, 0.15) is 26.2 Å². The zero-order valence-corrected chi connectivity index (χ0v) is 9.90. The Morgan fingerprint density at radius 3 is 2.88 bits per heavy atom. The first-order chi connectivity index (χ1) is 8.11. The summed E-state index contributed by atoms with van der Waals surface area (Å²) in [5.41, 5.74) is 5.14. The first kappa shape index (κ1) is 13.4. The molecule has 0 bridgehead atoms. The van der Waals surface area contributed by atoms with E-state index < -0.39 is 0 Å². The highest BCUT2D eigenvalue weighted by Crippen LogP contribution is 2.09. The van der Waals surface area contributed by atoms with Crippen LogP contribution in [-0.4, -0.2) is 22.6 Å². The summed E-state index contributed by atoms with van der Waals surface area (Å²) in [6, 6.07) is 2.79. The molecule has 6 nitrogen and oxygen atoms in total. The number of amides is 1. The molecule has 1 atom stereocenters. The lowest BCUT2D eigenvalue weighted by Gasteiger charge is -2.09. The van der Waals surface area contributed by atoms with E-state index in [0.29, 0.717) is 24.7 Å². The number of nitrogens with one attached hydrogen (secondary N) is 2.